The van der Waals surface area contributed by atoms with E-state index in [9.17, 15) is 8.42 Å². The molecule has 0 amide bonds. The molecule has 1 aromatic heterocycles. The van der Waals surface area contributed by atoms with Gasteiger partial charge in [-0.25, -0.2) is 13.1 Å². The number of alkyl halides is 1. The van der Waals surface area contributed by atoms with Gasteiger partial charge in [-0.3, -0.25) is 0 Å². The van der Waals surface area contributed by atoms with E-state index in [-0.39, 0.29) is 9.62 Å². The number of thiophene rings is 1. The van der Waals surface area contributed by atoms with Crippen LogP contribution in [0.3, 0.4) is 0 Å². The average Bonchev–Trinajstić information content (AvgIpc) is 2.79. The monoisotopic (exact) mass is 373 g/mol. The Hall–Kier alpha value is 0.380. The summed E-state index contributed by atoms with van der Waals surface area (Å²) in [5, 5.41) is 0.778. The Morgan fingerprint density at radius 3 is 2.39 bits per heavy atom. The zero-order chi connectivity index (χ0) is 13.8. The Bertz CT molecular complexity index is 475. The Morgan fingerprint density at radius 2 is 2.00 bits per heavy atom. The second kappa shape index (κ2) is 6.70. The lowest BCUT2D eigenvalue weighted by Gasteiger charge is -2.29. The first-order chi connectivity index (χ1) is 8.39. The van der Waals surface area contributed by atoms with Crippen molar-refractivity contribution in [1.82, 2.24) is 4.72 Å². The fourth-order valence-corrected chi connectivity index (χ4v) is 5.17. The maximum absolute atomic E-state index is 12.1. The first-order valence-corrected chi connectivity index (χ1v) is 9.50. The SMILES string of the molecule is CCC(CC)(CBr)CNS(=O)(=O)c1ccc(Cl)s1. The van der Waals surface area contributed by atoms with Gasteiger partial charge in [0.25, 0.3) is 0 Å². The van der Waals surface area contributed by atoms with Gasteiger partial charge in [-0.2, -0.15) is 0 Å². The molecule has 7 heteroatoms. The van der Waals surface area contributed by atoms with Crippen LogP contribution in [0.25, 0.3) is 0 Å². The predicted octanol–water partition coefficient (Wildman–Crippen LogP) is 3.88. The third-order valence-corrected chi connectivity index (χ3v) is 7.55. The zero-order valence-electron chi connectivity index (χ0n) is 10.4. The molecule has 0 aliphatic heterocycles. The standard InChI is InChI=1S/C11H17BrClNO2S2/c1-3-11(4-2,7-12)8-14-18(15,16)10-6-5-9(13)17-10/h5-6,14H,3-4,7-8H2,1-2H3. The van der Waals surface area contributed by atoms with Gasteiger partial charge in [0.15, 0.2) is 0 Å². The lowest BCUT2D eigenvalue weighted by atomic mass is 9.85. The van der Waals surface area contributed by atoms with E-state index in [1.807, 2.05) is 0 Å². The quantitative estimate of drug-likeness (QED) is 0.736. The molecule has 0 fully saturated rings. The first kappa shape index (κ1) is 16.4. The highest BCUT2D eigenvalue weighted by Crippen LogP contribution is 2.30. The lowest BCUT2D eigenvalue weighted by Crippen LogP contribution is -2.37. The molecule has 0 aromatic carbocycles. The number of halogens is 2. The Balaban J connectivity index is 2.79. The third-order valence-electron chi connectivity index (χ3n) is 3.23. The zero-order valence-corrected chi connectivity index (χ0v) is 14.3. The highest BCUT2D eigenvalue weighted by molar-refractivity contribution is 9.09. The van der Waals surface area contributed by atoms with Crippen molar-refractivity contribution >= 4 is 48.9 Å². The maximum Gasteiger partial charge on any atom is 0.250 e. The van der Waals surface area contributed by atoms with Crippen molar-refractivity contribution in [3.05, 3.63) is 16.5 Å². The van der Waals surface area contributed by atoms with Crippen LogP contribution in [0.15, 0.2) is 16.3 Å². The van der Waals surface area contributed by atoms with Gasteiger partial charge in [-0.15, -0.1) is 11.3 Å². The summed E-state index contributed by atoms with van der Waals surface area (Å²) in [6, 6.07) is 3.13. The van der Waals surface area contributed by atoms with Gasteiger partial charge in [-0.1, -0.05) is 41.4 Å². The average molecular weight is 375 g/mol. The van der Waals surface area contributed by atoms with E-state index in [1.165, 1.54) is 6.07 Å². The number of sulfonamides is 1. The molecule has 0 atom stereocenters. The summed E-state index contributed by atoms with van der Waals surface area (Å²) < 4.78 is 27.6. The molecule has 0 aliphatic rings. The molecule has 1 N–H and O–H groups in total. The van der Waals surface area contributed by atoms with E-state index in [4.69, 9.17) is 11.6 Å². The molecule has 104 valence electrons. The predicted molar refractivity (Wildman–Crippen MR) is 81.3 cm³/mol. The molecule has 1 heterocycles. The fourth-order valence-electron chi connectivity index (χ4n) is 1.50. The number of rotatable bonds is 7. The second-order valence-electron chi connectivity index (χ2n) is 4.22. The van der Waals surface area contributed by atoms with Crippen molar-refractivity contribution in [2.45, 2.75) is 30.9 Å². The molecule has 0 saturated carbocycles. The minimum Gasteiger partial charge on any atom is -0.210 e. The van der Waals surface area contributed by atoms with Gasteiger partial charge >= 0.3 is 0 Å². The number of hydrogen-bond donors (Lipinski definition) is 1. The molecule has 18 heavy (non-hydrogen) atoms. The summed E-state index contributed by atoms with van der Waals surface area (Å²) in [6.07, 6.45) is 1.84. The Morgan fingerprint density at radius 1 is 1.39 bits per heavy atom. The van der Waals surface area contributed by atoms with Crippen molar-refractivity contribution in [3.63, 3.8) is 0 Å². The van der Waals surface area contributed by atoms with Crippen LogP contribution in [0.2, 0.25) is 4.34 Å². The molecule has 0 radical (unpaired) electrons. The number of nitrogens with one attached hydrogen (secondary N) is 1. The van der Waals surface area contributed by atoms with Gasteiger partial charge in [0, 0.05) is 11.9 Å². The molecule has 0 spiro atoms. The van der Waals surface area contributed by atoms with Crippen molar-refractivity contribution in [2.24, 2.45) is 5.41 Å². The largest absolute Gasteiger partial charge is 0.250 e. The summed E-state index contributed by atoms with van der Waals surface area (Å²) in [6.45, 7) is 4.57. The highest BCUT2D eigenvalue weighted by Gasteiger charge is 2.27. The lowest BCUT2D eigenvalue weighted by molar-refractivity contribution is 0.310. The van der Waals surface area contributed by atoms with Gasteiger partial charge < -0.3 is 0 Å². The highest BCUT2D eigenvalue weighted by atomic mass is 79.9. The van der Waals surface area contributed by atoms with E-state index in [0.717, 1.165) is 29.5 Å². The molecule has 0 unspecified atom stereocenters. The second-order valence-corrected chi connectivity index (χ2v) is 8.49. The minimum absolute atomic E-state index is 0.0336. The van der Waals surface area contributed by atoms with Crippen LogP contribution in [0.5, 0.6) is 0 Å². The summed E-state index contributed by atoms with van der Waals surface area (Å²) in [5.41, 5.74) is -0.0336. The van der Waals surface area contributed by atoms with Crippen LogP contribution in [0.4, 0.5) is 0 Å². The molecular formula is C11H17BrClNO2S2. The van der Waals surface area contributed by atoms with Crippen molar-refractivity contribution in [2.75, 3.05) is 11.9 Å². The Labute approximate surface area is 126 Å². The van der Waals surface area contributed by atoms with Crippen LogP contribution in [-0.2, 0) is 10.0 Å². The van der Waals surface area contributed by atoms with Gasteiger partial charge in [-0.05, 0) is 30.4 Å². The van der Waals surface area contributed by atoms with Gasteiger partial charge in [0.05, 0.1) is 4.34 Å². The Kier molecular flexibility index (Phi) is 6.12. The van der Waals surface area contributed by atoms with Crippen LogP contribution < -0.4 is 4.72 Å². The van der Waals surface area contributed by atoms with E-state index in [0.29, 0.717) is 10.9 Å². The molecule has 0 aliphatic carbocycles. The molecule has 1 rings (SSSR count). The summed E-state index contributed by atoms with van der Waals surface area (Å²) in [4.78, 5) is 0. The van der Waals surface area contributed by atoms with Crippen LogP contribution in [-0.4, -0.2) is 20.3 Å². The van der Waals surface area contributed by atoms with Crippen molar-refractivity contribution in [3.8, 4) is 0 Å². The first-order valence-electron chi connectivity index (χ1n) is 5.70. The number of hydrogen-bond acceptors (Lipinski definition) is 3. The summed E-state index contributed by atoms with van der Waals surface area (Å²) >= 11 is 10.3. The summed E-state index contributed by atoms with van der Waals surface area (Å²) in [7, 11) is -3.44. The van der Waals surface area contributed by atoms with E-state index in [2.05, 4.69) is 34.5 Å². The van der Waals surface area contributed by atoms with Crippen LogP contribution in [0, 0.1) is 5.41 Å². The minimum atomic E-state index is -3.44. The third kappa shape index (κ3) is 3.93. The molecular weight excluding hydrogens is 358 g/mol. The van der Waals surface area contributed by atoms with Crippen molar-refractivity contribution < 1.29 is 8.42 Å². The van der Waals surface area contributed by atoms with Crippen molar-refractivity contribution in [1.29, 1.82) is 0 Å². The molecule has 3 nitrogen and oxygen atoms in total. The van der Waals surface area contributed by atoms with E-state index < -0.39 is 10.0 Å². The van der Waals surface area contributed by atoms with Crippen LogP contribution >= 0.6 is 38.9 Å². The summed E-state index contributed by atoms with van der Waals surface area (Å²) in [5.74, 6) is 0. The molecule has 0 bridgehead atoms. The topological polar surface area (TPSA) is 46.2 Å². The normalized spacial score (nSPS) is 12.9. The van der Waals surface area contributed by atoms with Gasteiger partial charge in [0.2, 0.25) is 10.0 Å². The van der Waals surface area contributed by atoms with E-state index in [1.54, 1.807) is 6.07 Å². The fraction of sp³-hybridized carbons (Fsp3) is 0.636. The van der Waals surface area contributed by atoms with E-state index >= 15 is 0 Å². The molecule has 1 aromatic rings. The van der Waals surface area contributed by atoms with Gasteiger partial charge in [0.1, 0.15) is 4.21 Å². The molecule has 0 saturated heterocycles. The smallest absolute Gasteiger partial charge is 0.210 e. The maximum atomic E-state index is 12.1. The van der Waals surface area contributed by atoms with Crippen LogP contribution in [0.1, 0.15) is 26.7 Å².